The first kappa shape index (κ1) is 26.2. The van der Waals surface area contributed by atoms with Gasteiger partial charge in [-0.2, -0.15) is 18.3 Å². The van der Waals surface area contributed by atoms with Gasteiger partial charge in [0.25, 0.3) is 0 Å². The topological polar surface area (TPSA) is 106 Å². The van der Waals surface area contributed by atoms with Crippen molar-refractivity contribution in [2.75, 3.05) is 11.9 Å². The van der Waals surface area contributed by atoms with Gasteiger partial charge in [0.2, 0.25) is 0 Å². The van der Waals surface area contributed by atoms with Gasteiger partial charge in [0.05, 0.1) is 41.7 Å². The zero-order valence-corrected chi connectivity index (χ0v) is 20.3. The summed E-state index contributed by atoms with van der Waals surface area (Å²) in [6.45, 7) is 4.20. The second-order valence-electron chi connectivity index (χ2n) is 9.93. The number of nitrogens with zero attached hydrogens (tertiary/aromatic N) is 3. The van der Waals surface area contributed by atoms with Gasteiger partial charge >= 0.3 is 18.1 Å². The van der Waals surface area contributed by atoms with E-state index in [1.165, 1.54) is 0 Å². The number of ether oxygens (including phenoxy) is 1. The van der Waals surface area contributed by atoms with Gasteiger partial charge in [-0.05, 0) is 54.0 Å². The minimum Gasteiger partial charge on any atom is -0.481 e. The molecule has 3 aromatic rings. The van der Waals surface area contributed by atoms with Gasteiger partial charge < -0.3 is 15.2 Å². The summed E-state index contributed by atoms with van der Waals surface area (Å²) in [5.41, 5.74) is 1.34. The highest BCUT2D eigenvalue weighted by Crippen LogP contribution is 2.51. The number of halogens is 3. The number of carboxylic acid groups (broad SMARTS) is 1. The molecule has 2 aromatic heterocycles. The number of esters is 1. The lowest BCUT2D eigenvalue weighted by atomic mass is 9.61. The Bertz CT molecular complexity index is 1250. The Balaban J connectivity index is 1.48. The first-order valence-electron chi connectivity index (χ1n) is 11.7. The van der Waals surface area contributed by atoms with Crippen molar-refractivity contribution in [3.05, 3.63) is 71.7 Å². The van der Waals surface area contributed by atoms with Crippen molar-refractivity contribution in [3.63, 3.8) is 0 Å². The van der Waals surface area contributed by atoms with Gasteiger partial charge in [-0.15, -0.1) is 0 Å². The third-order valence-corrected chi connectivity index (χ3v) is 6.37. The molecule has 0 spiro atoms. The third-order valence-electron chi connectivity index (χ3n) is 6.37. The number of hydrogen-bond donors (Lipinski definition) is 2. The maximum atomic E-state index is 12.9. The summed E-state index contributed by atoms with van der Waals surface area (Å²) in [5, 5.41) is 15.9. The smallest absolute Gasteiger partial charge is 0.419 e. The van der Waals surface area contributed by atoms with E-state index in [9.17, 15) is 22.8 Å². The summed E-state index contributed by atoms with van der Waals surface area (Å²) in [7, 11) is 0. The fourth-order valence-corrected chi connectivity index (χ4v) is 4.59. The van der Waals surface area contributed by atoms with Crippen LogP contribution < -0.4 is 5.32 Å². The third kappa shape index (κ3) is 6.46. The highest BCUT2D eigenvalue weighted by Gasteiger charge is 2.41. The Morgan fingerprint density at radius 3 is 2.41 bits per heavy atom. The molecule has 1 atom stereocenters. The molecule has 0 amide bonds. The molecule has 1 aromatic carbocycles. The van der Waals surface area contributed by atoms with E-state index in [1.807, 2.05) is 12.1 Å². The zero-order valence-electron chi connectivity index (χ0n) is 20.3. The van der Waals surface area contributed by atoms with Crippen molar-refractivity contribution in [3.8, 4) is 5.82 Å². The lowest BCUT2D eigenvalue weighted by Gasteiger charge is -2.47. The molecule has 1 aliphatic rings. The minimum absolute atomic E-state index is 0.0840. The van der Waals surface area contributed by atoms with E-state index in [2.05, 4.69) is 29.2 Å². The molecular formula is C26H27F3N4O4. The molecule has 1 aliphatic carbocycles. The normalized spacial score (nSPS) is 16.0. The molecule has 2 heterocycles. The molecular weight excluding hydrogens is 489 g/mol. The Morgan fingerprint density at radius 1 is 1.16 bits per heavy atom. The molecule has 11 heteroatoms. The number of aliphatic carboxylic acids is 1. The molecule has 0 saturated heterocycles. The largest absolute Gasteiger partial charge is 0.481 e. The van der Waals surface area contributed by atoms with E-state index in [-0.39, 0.29) is 30.3 Å². The van der Waals surface area contributed by atoms with Gasteiger partial charge in [-0.3, -0.25) is 4.79 Å². The summed E-state index contributed by atoms with van der Waals surface area (Å²) in [6.07, 6.45) is 0.440. The van der Waals surface area contributed by atoms with Crippen LogP contribution in [0.15, 0.2) is 55.0 Å². The lowest BCUT2D eigenvalue weighted by molar-refractivity contribution is -0.138. The Morgan fingerprint density at radius 2 is 1.86 bits per heavy atom. The number of benzene rings is 1. The minimum atomic E-state index is -4.48. The molecule has 1 fully saturated rings. The highest BCUT2D eigenvalue weighted by atomic mass is 19.4. The second kappa shape index (κ2) is 10.2. The van der Waals surface area contributed by atoms with Gasteiger partial charge in [0, 0.05) is 6.20 Å². The zero-order chi connectivity index (χ0) is 26.8. The quantitative estimate of drug-likeness (QED) is 0.362. The second-order valence-corrected chi connectivity index (χ2v) is 9.93. The number of anilines is 1. The predicted molar refractivity (Wildman–Crippen MR) is 128 cm³/mol. The number of rotatable bonds is 9. The summed E-state index contributed by atoms with van der Waals surface area (Å²) in [6, 6.07) is 10.2. The molecule has 8 nitrogen and oxygen atoms in total. The highest BCUT2D eigenvalue weighted by molar-refractivity contribution is 5.89. The van der Waals surface area contributed by atoms with E-state index in [1.54, 1.807) is 30.5 Å². The van der Waals surface area contributed by atoms with Gasteiger partial charge in [-0.25, -0.2) is 14.5 Å². The SMILES string of the molecule is CC1(C)CC(C(Nc2ccc(-n3cc(C(F)(F)F)cn3)nc2)c2ccc(C(=O)OCCC(=O)O)cc2)C1. The summed E-state index contributed by atoms with van der Waals surface area (Å²) >= 11 is 0. The molecule has 1 unspecified atom stereocenters. The number of nitrogens with one attached hydrogen (secondary N) is 1. The lowest BCUT2D eigenvalue weighted by Crippen LogP contribution is -2.38. The first-order valence-corrected chi connectivity index (χ1v) is 11.7. The van der Waals surface area contributed by atoms with Crippen LogP contribution in [0.3, 0.4) is 0 Å². The van der Waals surface area contributed by atoms with E-state index in [0.717, 1.165) is 35.5 Å². The van der Waals surface area contributed by atoms with E-state index >= 15 is 0 Å². The van der Waals surface area contributed by atoms with Crippen LogP contribution in [-0.4, -0.2) is 38.4 Å². The van der Waals surface area contributed by atoms with Crippen molar-refractivity contribution in [2.24, 2.45) is 11.3 Å². The van der Waals surface area contributed by atoms with Crippen molar-refractivity contribution in [2.45, 2.75) is 45.3 Å². The number of aromatic nitrogens is 3. The van der Waals surface area contributed by atoms with Crippen LogP contribution in [0.25, 0.3) is 5.82 Å². The molecule has 37 heavy (non-hydrogen) atoms. The molecule has 2 N–H and O–H groups in total. The summed E-state index contributed by atoms with van der Waals surface area (Å²) in [4.78, 5) is 27.1. The Kier molecular flexibility index (Phi) is 7.24. The fourth-order valence-electron chi connectivity index (χ4n) is 4.59. The number of pyridine rings is 1. The average Bonchev–Trinajstić information content (AvgIpc) is 3.32. The maximum Gasteiger partial charge on any atom is 0.419 e. The molecule has 4 rings (SSSR count). The fraction of sp³-hybridized carbons (Fsp3) is 0.385. The van der Waals surface area contributed by atoms with Crippen molar-refractivity contribution >= 4 is 17.6 Å². The van der Waals surface area contributed by atoms with E-state index < -0.39 is 23.7 Å². The van der Waals surface area contributed by atoms with Gasteiger partial charge in [-0.1, -0.05) is 26.0 Å². The van der Waals surface area contributed by atoms with Crippen molar-refractivity contribution in [1.82, 2.24) is 14.8 Å². The monoisotopic (exact) mass is 516 g/mol. The van der Waals surface area contributed by atoms with Crippen LogP contribution in [-0.2, 0) is 15.7 Å². The molecule has 0 aliphatic heterocycles. The molecule has 1 saturated carbocycles. The van der Waals surface area contributed by atoms with Crippen LogP contribution in [0.4, 0.5) is 18.9 Å². The maximum absolute atomic E-state index is 12.9. The number of carbonyl (C=O) groups excluding carboxylic acids is 1. The summed E-state index contributed by atoms with van der Waals surface area (Å²) in [5.74, 6) is -1.05. The Hall–Kier alpha value is -3.89. The van der Waals surface area contributed by atoms with Crippen LogP contribution >= 0.6 is 0 Å². The predicted octanol–water partition coefficient (Wildman–Crippen LogP) is 5.51. The van der Waals surface area contributed by atoms with Crippen molar-refractivity contribution in [1.29, 1.82) is 0 Å². The molecule has 0 bridgehead atoms. The van der Waals surface area contributed by atoms with E-state index in [0.29, 0.717) is 17.2 Å². The number of alkyl halides is 3. The standard InChI is InChI=1S/C26H27F3N4O4/c1-25(2)11-18(12-25)23(16-3-5-17(6-4-16)24(36)37-10-9-22(34)35)32-20-7-8-21(30-14-20)33-15-19(13-31-33)26(27,28)29/h3-8,13-15,18,23,32H,9-12H2,1-2H3,(H,34,35). The molecule has 0 radical (unpaired) electrons. The number of carbonyl (C=O) groups is 2. The summed E-state index contributed by atoms with van der Waals surface area (Å²) < 4.78 is 44.7. The van der Waals surface area contributed by atoms with Crippen LogP contribution in [0, 0.1) is 11.3 Å². The van der Waals surface area contributed by atoms with Crippen LogP contribution in [0.5, 0.6) is 0 Å². The Labute approximate surface area is 211 Å². The van der Waals surface area contributed by atoms with Gasteiger partial charge in [0.15, 0.2) is 5.82 Å². The average molecular weight is 517 g/mol. The molecule has 196 valence electrons. The van der Waals surface area contributed by atoms with Crippen LogP contribution in [0.1, 0.15) is 60.6 Å². The van der Waals surface area contributed by atoms with E-state index in [4.69, 9.17) is 9.84 Å². The van der Waals surface area contributed by atoms with Gasteiger partial charge in [0.1, 0.15) is 6.61 Å². The first-order chi connectivity index (χ1) is 17.4. The van der Waals surface area contributed by atoms with Crippen LogP contribution in [0.2, 0.25) is 0 Å². The van der Waals surface area contributed by atoms with Crippen molar-refractivity contribution < 1.29 is 32.6 Å². The number of carboxylic acids is 1. The number of hydrogen-bond acceptors (Lipinski definition) is 6.